The first kappa shape index (κ1) is 17.9. The van der Waals surface area contributed by atoms with Gasteiger partial charge in [0.2, 0.25) is 5.78 Å². The Balaban J connectivity index is 1.86. The normalized spacial score (nSPS) is 11.5. The molecular weight excluding hydrogens is 351 g/mol. The van der Waals surface area contributed by atoms with Crippen molar-refractivity contribution in [2.45, 2.75) is 26.2 Å². The van der Waals surface area contributed by atoms with E-state index >= 15 is 0 Å². The molecule has 0 bridgehead atoms. The summed E-state index contributed by atoms with van der Waals surface area (Å²) in [5.41, 5.74) is 3.92. The Morgan fingerprint density at radius 2 is 1.82 bits per heavy atom. The highest BCUT2D eigenvalue weighted by atomic mass is 19.1. The number of rotatable bonds is 2. The smallest absolute Gasteiger partial charge is 0.234 e. The lowest BCUT2D eigenvalue weighted by Crippen LogP contribution is -2.14. The van der Waals surface area contributed by atoms with Crippen LogP contribution in [0.3, 0.4) is 0 Å². The number of hydrogen-bond acceptors (Lipinski definition) is 3. The van der Waals surface area contributed by atoms with Crippen molar-refractivity contribution in [3.05, 3.63) is 78.0 Å². The van der Waals surface area contributed by atoms with Gasteiger partial charge in [0, 0.05) is 28.3 Å². The van der Waals surface area contributed by atoms with E-state index in [4.69, 9.17) is 0 Å². The van der Waals surface area contributed by atoms with Crippen molar-refractivity contribution in [3.63, 3.8) is 0 Å². The van der Waals surface area contributed by atoms with Crippen LogP contribution in [0.1, 0.15) is 32.0 Å². The molecule has 4 nitrogen and oxygen atoms in total. The Hall–Kier alpha value is -3.52. The molecule has 0 aliphatic carbocycles. The third-order valence-corrected chi connectivity index (χ3v) is 4.75. The van der Waals surface area contributed by atoms with Crippen molar-refractivity contribution < 1.29 is 4.39 Å². The summed E-state index contributed by atoms with van der Waals surface area (Å²) in [6.07, 6.45) is 3.68. The zero-order valence-corrected chi connectivity index (χ0v) is 15.9. The molecule has 28 heavy (non-hydrogen) atoms. The highest BCUT2D eigenvalue weighted by Gasteiger charge is 2.18. The fourth-order valence-electron chi connectivity index (χ4n) is 3.21. The first-order valence-corrected chi connectivity index (χ1v) is 9.02. The fourth-order valence-corrected chi connectivity index (χ4v) is 3.21. The van der Waals surface area contributed by atoms with Crippen LogP contribution in [-0.2, 0) is 5.41 Å². The minimum Gasteiger partial charge on any atom is -0.284 e. The monoisotopic (exact) mass is 370 g/mol. The van der Waals surface area contributed by atoms with Gasteiger partial charge >= 0.3 is 0 Å². The van der Waals surface area contributed by atoms with E-state index in [0.717, 1.165) is 17.0 Å². The predicted molar refractivity (Wildman–Crippen MR) is 107 cm³/mol. The molecule has 4 rings (SSSR count). The molecule has 0 atom stereocenters. The van der Waals surface area contributed by atoms with Gasteiger partial charge in [0.15, 0.2) is 0 Å². The van der Waals surface area contributed by atoms with Crippen LogP contribution in [-0.4, -0.2) is 14.4 Å². The third kappa shape index (κ3) is 3.03. The van der Waals surface area contributed by atoms with Crippen LogP contribution in [0.15, 0.2) is 60.9 Å². The van der Waals surface area contributed by atoms with Crippen LogP contribution in [0.5, 0.6) is 0 Å². The molecule has 0 aliphatic rings. The molecule has 5 heteroatoms. The van der Waals surface area contributed by atoms with Crippen molar-refractivity contribution in [3.8, 4) is 28.5 Å². The van der Waals surface area contributed by atoms with E-state index in [9.17, 15) is 9.65 Å². The molecule has 0 unspecified atom stereocenters. The molecule has 0 fully saturated rings. The van der Waals surface area contributed by atoms with Crippen molar-refractivity contribution >= 4 is 5.78 Å². The number of aromatic nitrogens is 3. The first-order chi connectivity index (χ1) is 13.4. The van der Waals surface area contributed by atoms with Gasteiger partial charge in [-0.3, -0.25) is 4.40 Å². The lowest BCUT2D eigenvalue weighted by molar-refractivity contribution is 0.568. The Morgan fingerprint density at radius 1 is 1.04 bits per heavy atom. The molecule has 2 aromatic heterocycles. The molecule has 2 aromatic carbocycles. The number of nitriles is 1. The number of hydrogen-bond donors (Lipinski definition) is 0. The maximum absolute atomic E-state index is 14.6. The molecule has 0 N–H and O–H groups in total. The summed E-state index contributed by atoms with van der Waals surface area (Å²) < 4.78 is 16.5. The Kier molecular flexibility index (Phi) is 4.20. The summed E-state index contributed by atoms with van der Waals surface area (Å²) in [4.78, 5) is 9.09. The second kappa shape index (κ2) is 6.58. The quantitative estimate of drug-likeness (QED) is 0.476. The highest BCUT2D eigenvalue weighted by molar-refractivity contribution is 5.76. The van der Waals surface area contributed by atoms with Gasteiger partial charge in [-0.2, -0.15) is 5.26 Å². The van der Waals surface area contributed by atoms with Gasteiger partial charge < -0.3 is 0 Å². The molecule has 0 saturated carbocycles. The van der Waals surface area contributed by atoms with Crippen molar-refractivity contribution in [1.29, 1.82) is 5.26 Å². The second-order valence-corrected chi connectivity index (χ2v) is 7.73. The van der Waals surface area contributed by atoms with E-state index in [2.05, 4.69) is 36.8 Å². The minimum absolute atomic E-state index is 0.0715. The molecule has 0 radical (unpaired) electrons. The largest absolute Gasteiger partial charge is 0.284 e. The molecule has 0 saturated heterocycles. The van der Waals surface area contributed by atoms with E-state index in [1.807, 2.05) is 16.7 Å². The van der Waals surface area contributed by atoms with Gasteiger partial charge in [0.05, 0.1) is 29.2 Å². The lowest BCUT2D eigenvalue weighted by atomic mass is 9.92. The van der Waals surface area contributed by atoms with Gasteiger partial charge in [0.25, 0.3) is 0 Å². The van der Waals surface area contributed by atoms with E-state index in [-0.39, 0.29) is 11.2 Å². The standard InChI is InChI=1S/C23H19FN4/c1-23(2,3)21-10-11-28-20(14-26-22(28)27-21)15-8-9-19(24)18(12-15)17-7-5-4-6-16(17)13-25/h4-12,14H,1-3H3. The molecule has 4 aromatic rings. The van der Waals surface area contributed by atoms with Crippen molar-refractivity contribution in [2.75, 3.05) is 0 Å². The summed E-state index contributed by atoms with van der Waals surface area (Å²) in [7, 11) is 0. The number of fused-ring (bicyclic) bond motifs is 1. The summed E-state index contributed by atoms with van der Waals surface area (Å²) in [6, 6.07) is 16.0. The maximum Gasteiger partial charge on any atom is 0.234 e. The van der Waals surface area contributed by atoms with Crippen molar-refractivity contribution in [2.24, 2.45) is 0 Å². The van der Waals surface area contributed by atoms with E-state index in [1.54, 1.807) is 42.6 Å². The lowest BCUT2D eigenvalue weighted by Gasteiger charge is -2.17. The van der Waals surface area contributed by atoms with Gasteiger partial charge in [-0.1, -0.05) is 39.0 Å². The van der Waals surface area contributed by atoms with Crippen LogP contribution in [0.2, 0.25) is 0 Å². The van der Waals surface area contributed by atoms with E-state index < -0.39 is 0 Å². The fraction of sp³-hybridized carbons (Fsp3) is 0.174. The Bertz CT molecular complexity index is 1230. The van der Waals surface area contributed by atoms with Gasteiger partial charge in [-0.05, 0) is 30.3 Å². The van der Waals surface area contributed by atoms with Crippen LogP contribution in [0.4, 0.5) is 4.39 Å². The zero-order valence-electron chi connectivity index (χ0n) is 15.9. The van der Waals surface area contributed by atoms with Crippen LogP contribution < -0.4 is 0 Å². The topological polar surface area (TPSA) is 54.0 Å². The average molecular weight is 370 g/mol. The Morgan fingerprint density at radius 3 is 2.57 bits per heavy atom. The molecule has 138 valence electrons. The van der Waals surface area contributed by atoms with Crippen LogP contribution >= 0.6 is 0 Å². The Labute approximate surface area is 162 Å². The summed E-state index contributed by atoms with van der Waals surface area (Å²) in [5.74, 6) is 0.235. The highest BCUT2D eigenvalue weighted by Crippen LogP contribution is 2.31. The van der Waals surface area contributed by atoms with Crippen molar-refractivity contribution in [1.82, 2.24) is 14.4 Å². The van der Waals surface area contributed by atoms with E-state index in [1.165, 1.54) is 6.07 Å². The average Bonchev–Trinajstić information content (AvgIpc) is 3.11. The molecule has 0 spiro atoms. The number of imidazole rings is 1. The van der Waals surface area contributed by atoms with Gasteiger partial charge in [-0.15, -0.1) is 0 Å². The minimum atomic E-state index is -0.367. The number of halogens is 1. The SMILES string of the molecule is CC(C)(C)c1ccn2c(-c3ccc(F)c(-c4ccccc4C#N)c3)cnc2n1. The summed E-state index contributed by atoms with van der Waals surface area (Å²) >= 11 is 0. The summed E-state index contributed by atoms with van der Waals surface area (Å²) in [6.45, 7) is 6.32. The number of benzene rings is 2. The molecule has 0 aliphatic heterocycles. The third-order valence-electron chi connectivity index (χ3n) is 4.75. The molecule has 0 amide bonds. The second-order valence-electron chi connectivity index (χ2n) is 7.73. The molecule has 2 heterocycles. The number of nitrogens with zero attached hydrogens (tertiary/aromatic N) is 4. The molecular formula is C23H19FN4. The van der Waals surface area contributed by atoms with Crippen LogP contribution in [0, 0.1) is 17.1 Å². The van der Waals surface area contributed by atoms with E-state index in [0.29, 0.717) is 22.5 Å². The van der Waals surface area contributed by atoms with Gasteiger partial charge in [-0.25, -0.2) is 14.4 Å². The predicted octanol–water partition coefficient (Wildman–Crippen LogP) is 5.37. The zero-order chi connectivity index (χ0) is 19.9. The van der Waals surface area contributed by atoms with Crippen LogP contribution in [0.25, 0.3) is 28.2 Å². The maximum atomic E-state index is 14.6. The van der Waals surface area contributed by atoms with Gasteiger partial charge in [0.1, 0.15) is 5.82 Å². The first-order valence-electron chi connectivity index (χ1n) is 9.02. The summed E-state index contributed by atoms with van der Waals surface area (Å²) in [5, 5.41) is 9.36.